The van der Waals surface area contributed by atoms with Crippen molar-refractivity contribution in [1.82, 2.24) is 29.6 Å². The second-order valence-electron chi connectivity index (χ2n) is 7.64. The molecule has 1 aromatic carbocycles. The van der Waals surface area contributed by atoms with E-state index in [-0.39, 0.29) is 5.91 Å². The van der Waals surface area contributed by atoms with Crippen LogP contribution < -0.4 is 4.90 Å². The van der Waals surface area contributed by atoms with E-state index in [0.29, 0.717) is 32.1 Å². The van der Waals surface area contributed by atoms with Gasteiger partial charge in [-0.15, -0.1) is 0 Å². The third-order valence-corrected chi connectivity index (χ3v) is 5.55. The predicted molar refractivity (Wildman–Crippen MR) is 127 cm³/mol. The largest absolute Gasteiger partial charge is 0.337 e. The van der Waals surface area contributed by atoms with Crippen LogP contribution in [0.25, 0.3) is 23.0 Å². The molecule has 1 aliphatic rings. The quantitative estimate of drug-likeness (QED) is 0.447. The molecule has 0 bridgehead atoms. The van der Waals surface area contributed by atoms with E-state index < -0.39 is 0 Å². The van der Waals surface area contributed by atoms with E-state index >= 15 is 0 Å². The van der Waals surface area contributed by atoms with E-state index in [4.69, 9.17) is 5.10 Å². The van der Waals surface area contributed by atoms with Crippen molar-refractivity contribution in [2.45, 2.75) is 0 Å². The van der Waals surface area contributed by atoms with Crippen LogP contribution in [0.1, 0.15) is 5.56 Å². The van der Waals surface area contributed by atoms with Crippen LogP contribution in [0.2, 0.25) is 0 Å². The molecule has 8 heteroatoms. The van der Waals surface area contributed by atoms with Gasteiger partial charge in [0.1, 0.15) is 5.69 Å². The molecule has 0 spiro atoms. The molecule has 1 aliphatic heterocycles. The molecule has 1 fully saturated rings. The smallest absolute Gasteiger partial charge is 0.246 e. The summed E-state index contributed by atoms with van der Waals surface area (Å²) in [5, 5.41) is 4.78. The van der Waals surface area contributed by atoms with Crippen molar-refractivity contribution in [1.29, 1.82) is 0 Å². The molecule has 4 aromatic rings. The third-order valence-electron chi connectivity index (χ3n) is 5.55. The van der Waals surface area contributed by atoms with Gasteiger partial charge in [-0.3, -0.25) is 9.78 Å². The number of rotatable bonds is 5. The first-order valence-corrected chi connectivity index (χ1v) is 10.8. The lowest BCUT2D eigenvalue weighted by Gasteiger charge is -2.34. The van der Waals surface area contributed by atoms with Crippen LogP contribution in [0.3, 0.4) is 0 Å². The molecular formula is C25H23N7O. The molecule has 5 rings (SSSR count). The van der Waals surface area contributed by atoms with Crippen molar-refractivity contribution in [2.24, 2.45) is 0 Å². The third kappa shape index (κ3) is 4.64. The number of hydrogen-bond donors (Lipinski definition) is 0. The van der Waals surface area contributed by atoms with Crippen LogP contribution in [-0.2, 0) is 4.79 Å². The summed E-state index contributed by atoms with van der Waals surface area (Å²) in [5.74, 6) is 0.687. The van der Waals surface area contributed by atoms with Gasteiger partial charge in [-0.05, 0) is 36.4 Å². The standard InChI is InChI=1S/C25H23N7O/c33-23(30-15-17-31(18-16-30)25-27-11-4-12-28-25)8-7-21-19-32(22-5-2-1-3-6-22)29-24(21)20-9-13-26-14-10-20/h1-14,19H,15-18H2/b8-7+. The number of anilines is 1. The van der Waals surface area contributed by atoms with Gasteiger partial charge < -0.3 is 9.80 Å². The van der Waals surface area contributed by atoms with Crippen molar-refractivity contribution in [3.63, 3.8) is 0 Å². The van der Waals surface area contributed by atoms with Gasteiger partial charge in [-0.25, -0.2) is 14.6 Å². The van der Waals surface area contributed by atoms with E-state index in [9.17, 15) is 4.79 Å². The first-order valence-electron chi connectivity index (χ1n) is 10.8. The van der Waals surface area contributed by atoms with Crippen LogP contribution in [0.4, 0.5) is 5.95 Å². The molecule has 0 aliphatic carbocycles. The van der Waals surface area contributed by atoms with E-state index in [1.807, 2.05) is 64.3 Å². The van der Waals surface area contributed by atoms with E-state index in [1.165, 1.54) is 0 Å². The van der Waals surface area contributed by atoms with Gasteiger partial charge in [0.05, 0.1) is 5.69 Å². The zero-order chi connectivity index (χ0) is 22.5. The monoisotopic (exact) mass is 437 g/mol. The molecule has 0 N–H and O–H groups in total. The highest BCUT2D eigenvalue weighted by Gasteiger charge is 2.21. The number of amides is 1. The number of benzene rings is 1. The van der Waals surface area contributed by atoms with Crippen LogP contribution in [0.15, 0.2) is 85.6 Å². The topological polar surface area (TPSA) is 80.0 Å². The molecule has 33 heavy (non-hydrogen) atoms. The fraction of sp³-hybridized carbons (Fsp3) is 0.160. The molecule has 0 saturated carbocycles. The minimum atomic E-state index is -0.0169. The summed E-state index contributed by atoms with van der Waals surface area (Å²) < 4.78 is 1.83. The van der Waals surface area contributed by atoms with Gasteiger partial charge in [0.15, 0.2) is 0 Å². The maximum atomic E-state index is 12.9. The molecule has 8 nitrogen and oxygen atoms in total. The zero-order valence-corrected chi connectivity index (χ0v) is 18.0. The average Bonchev–Trinajstić information content (AvgIpc) is 3.33. The summed E-state index contributed by atoms with van der Waals surface area (Å²) in [6.45, 7) is 2.67. The summed E-state index contributed by atoms with van der Waals surface area (Å²) >= 11 is 0. The fourth-order valence-electron chi connectivity index (χ4n) is 3.80. The highest BCUT2D eigenvalue weighted by Crippen LogP contribution is 2.24. The lowest BCUT2D eigenvalue weighted by atomic mass is 10.1. The minimum absolute atomic E-state index is 0.0169. The van der Waals surface area contributed by atoms with Crippen LogP contribution in [-0.4, -0.2) is 61.7 Å². The van der Waals surface area contributed by atoms with Gasteiger partial charge in [0, 0.05) is 74.4 Å². The number of hydrogen-bond acceptors (Lipinski definition) is 6. The number of pyridine rings is 1. The first kappa shape index (κ1) is 20.6. The van der Waals surface area contributed by atoms with Crippen molar-refractivity contribution in [2.75, 3.05) is 31.1 Å². The Labute approximate surface area is 191 Å². The number of aromatic nitrogens is 5. The number of piperazine rings is 1. The molecule has 164 valence electrons. The van der Waals surface area contributed by atoms with Crippen LogP contribution in [0.5, 0.6) is 0 Å². The Kier molecular flexibility index (Phi) is 5.88. The summed E-state index contributed by atoms with van der Waals surface area (Å²) in [7, 11) is 0. The molecule has 0 unspecified atom stereocenters. The van der Waals surface area contributed by atoms with Crippen LogP contribution >= 0.6 is 0 Å². The number of para-hydroxylation sites is 1. The predicted octanol–water partition coefficient (Wildman–Crippen LogP) is 3.09. The van der Waals surface area contributed by atoms with Crippen molar-refractivity contribution in [3.8, 4) is 16.9 Å². The fourth-order valence-corrected chi connectivity index (χ4v) is 3.80. The first-order chi connectivity index (χ1) is 16.3. The Balaban J connectivity index is 1.33. The molecule has 3 aromatic heterocycles. The maximum Gasteiger partial charge on any atom is 0.246 e. The second kappa shape index (κ2) is 9.44. The van der Waals surface area contributed by atoms with Gasteiger partial charge in [-0.2, -0.15) is 5.10 Å². The normalized spacial score (nSPS) is 14.1. The lowest BCUT2D eigenvalue weighted by molar-refractivity contribution is -0.126. The van der Waals surface area contributed by atoms with Gasteiger partial charge in [0.25, 0.3) is 0 Å². The molecule has 0 atom stereocenters. The van der Waals surface area contributed by atoms with E-state index in [0.717, 1.165) is 22.5 Å². The summed E-state index contributed by atoms with van der Waals surface area (Å²) in [5.41, 5.74) is 3.58. The Bertz CT molecular complexity index is 1230. The summed E-state index contributed by atoms with van der Waals surface area (Å²) in [6.07, 6.45) is 12.4. The number of nitrogens with zero attached hydrogens (tertiary/aromatic N) is 7. The Morgan fingerprint density at radius 2 is 1.58 bits per heavy atom. The Hall–Kier alpha value is -4.33. The molecule has 0 radical (unpaired) electrons. The average molecular weight is 438 g/mol. The molecular weight excluding hydrogens is 414 g/mol. The van der Waals surface area contributed by atoms with Crippen molar-refractivity contribution in [3.05, 3.63) is 91.2 Å². The number of carbonyl (C=O) groups is 1. The van der Waals surface area contributed by atoms with Gasteiger partial charge in [-0.1, -0.05) is 18.2 Å². The summed E-state index contributed by atoms with van der Waals surface area (Å²) in [4.78, 5) is 29.5. The Morgan fingerprint density at radius 3 is 2.30 bits per heavy atom. The highest BCUT2D eigenvalue weighted by molar-refractivity contribution is 5.93. The van der Waals surface area contributed by atoms with E-state index in [2.05, 4.69) is 19.9 Å². The molecule has 1 saturated heterocycles. The SMILES string of the molecule is O=C(/C=C/c1cn(-c2ccccc2)nc1-c1ccncc1)N1CCN(c2ncccn2)CC1. The van der Waals surface area contributed by atoms with Crippen molar-refractivity contribution >= 4 is 17.9 Å². The van der Waals surface area contributed by atoms with Gasteiger partial charge in [0.2, 0.25) is 11.9 Å². The Morgan fingerprint density at radius 1 is 0.848 bits per heavy atom. The van der Waals surface area contributed by atoms with Crippen molar-refractivity contribution < 1.29 is 4.79 Å². The van der Waals surface area contributed by atoms with Crippen LogP contribution in [0, 0.1) is 0 Å². The second-order valence-corrected chi connectivity index (χ2v) is 7.64. The highest BCUT2D eigenvalue weighted by atomic mass is 16.2. The van der Waals surface area contributed by atoms with E-state index in [1.54, 1.807) is 36.9 Å². The zero-order valence-electron chi connectivity index (χ0n) is 18.0. The summed E-state index contributed by atoms with van der Waals surface area (Å²) in [6, 6.07) is 15.6. The molecule has 4 heterocycles. The number of carbonyl (C=O) groups excluding carboxylic acids is 1. The maximum absolute atomic E-state index is 12.9. The van der Waals surface area contributed by atoms with Gasteiger partial charge >= 0.3 is 0 Å². The lowest BCUT2D eigenvalue weighted by Crippen LogP contribution is -2.48. The molecule has 1 amide bonds. The minimum Gasteiger partial charge on any atom is -0.337 e.